The van der Waals surface area contributed by atoms with E-state index in [4.69, 9.17) is 14.2 Å². The Bertz CT molecular complexity index is 776. The summed E-state index contributed by atoms with van der Waals surface area (Å²) in [5, 5.41) is 0. The fraction of sp³-hybridized carbons (Fsp3) is 0.932. The predicted octanol–water partition coefficient (Wildman–Crippen LogP) is 13.3. The van der Waals surface area contributed by atoms with Crippen LogP contribution >= 0.6 is 0 Å². The van der Waals surface area contributed by atoms with E-state index >= 15 is 0 Å². The molecule has 50 heavy (non-hydrogen) atoms. The monoisotopic (exact) mass is 709 g/mol. The van der Waals surface area contributed by atoms with Crippen molar-refractivity contribution in [1.82, 2.24) is 0 Å². The van der Waals surface area contributed by atoms with Gasteiger partial charge in [0.1, 0.15) is 13.2 Å². The van der Waals surface area contributed by atoms with Crippen molar-refractivity contribution in [3.63, 3.8) is 0 Å². The standard InChI is InChI=1S/C44H84O6/c1-38(2)30-24-18-12-9-7-8-10-14-21-27-33-42(45)48-36-41(37-49-43(46)34-28-22-17-16-20-26-32-40(5)6)50-44(47)35-29-23-15-11-13-19-25-31-39(3)4/h38-41H,7-37H2,1-6H3/t41-/m1/s1. The minimum absolute atomic E-state index is 0.0677. The molecule has 0 aromatic rings. The van der Waals surface area contributed by atoms with Gasteiger partial charge in [-0.2, -0.15) is 0 Å². The van der Waals surface area contributed by atoms with E-state index in [9.17, 15) is 14.4 Å². The summed E-state index contributed by atoms with van der Waals surface area (Å²) in [5.41, 5.74) is 0. The molecule has 0 aromatic heterocycles. The SMILES string of the molecule is CC(C)CCCCCCCCCCCCC(=O)OC[C@H](COC(=O)CCCCCCCCC(C)C)OC(=O)CCCCCCCCCC(C)C. The second-order valence-corrected chi connectivity index (χ2v) is 16.4. The van der Waals surface area contributed by atoms with Crippen molar-refractivity contribution >= 4 is 17.9 Å². The lowest BCUT2D eigenvalue weighted by Crippen LogP contribution is -2.30. The Morgan fingerprint density at radius 3 is 0.860 bits per heavy atom. The number of ether oxygens (including phenoxy) is 3. The molecule has 0 rings (SSSR count). The maximum absolute atomic E-state index is 12.6. The Labute approximate surface area is 310 Å². The summed E-state index contributed by atoms with van der Waals surface area (Å²) >= 11 is 0. The zero-order chi connectivity index (χ0) is 37.1. The van der Waals surface area contributed by atoms with Gasteiger partial charge in [-0.25, -0.2) is 0 Å². The average molecular weight is 709 g/mol. The number of esters is 3. The van der Waals surface area contributed by atoms with Crippen molar-refractivity contribution in [2.75, 3.05) is 13.2 Å². The maximum Gasteiger partial charge on any atom is 0.306 e. The Hall–Kier alpha value is -1.59. The summed E-state index contributed by atoms with van der Waals surface area (Å²) in [6.45, 7) is 13.5. The first kappa shape index (κ1) is 48.4. The van der Waals surface area contributed by atoms with Gasteiger partial charge in [-0.05, 0) is 37.0 Å². The molecule has 0 N–H and O–H groups in total. The molecule has 6 heteroatoms. The molecule has 0 fully saturated rings. The van der Waals surface area contributed by atoms with Crippen LogP contribution in [0, 0.1) is 17.8 Å². The Kier molecular flexibility index (Phi) is 34.7. The van der Waals surface area contributed by atoms with Gasteiger partial charge in [-0.3, -0.25) is 14.4 Å². The number of carbonyl (C=O) groups excluding carboxylic acids is 3. The highest BCUT2D eigenvalue weighted by molar-refractivity contribution is 5.71. The first-order valence-corrected chi connectivity index (χ1v) is 21.6. The van der Waals surface area contributed by atoms with Gasteiger partial charge in [0, 0.05) is 19.3 Å². The van der Waals surface area contributed by atoms with Gasteiger partial charge in [0.2, 0.25) is 0 Å². The summed E-state index contributed by atoms with van der Waals surface area (Å²) in [6.07, 6.45) is 31.1. The molecule has 0 saturated heterocycles. The number of hydrogen-bond acceptors (Lipinski definition) is 6. The molecule has 0 heterocycles. The van der Waals surface area contributed by atoms with Crippen LogP contribution in [0.25, 0.3) is 0 Å². The lowest BCUT2D eigenvalue weighted by atomic mass is 10.0. The molecule has 0 aliphatic carbocycles. The van der Waals surface area contributed by atoms with E-state index in [0.29, 0.717) is 19.3 Å². The molecule has 1 atom stereocenters. The Morgan fingerprint density at radius 1 is 0.340 bits per heavy atom. The lowest BCUT2D eigenvalue weighted by Gasteiger charge is -2.18. The topological polar surface area (TPSA) is 78.9 Å². The van der Waals surface area contributed by atoms with E-state index in [1.54, 1.807) is 0 Å². The van der Waals surface area contributed by atoms with Crippen LogP contribution in [0.5, 0.6) is 0 Å². The van der Waals surface area contributed by atoms with Crippen molar-refractivity contribution in [3.8, 4) is 0 Å². The van der Waals surface area contributed by atoms with E-state index < -0.39 is 6.10 Å². The van der Waals surface area contributed by atoms with Gasteiger partial charge >= 0.3 is 17.9 Å². The Morgan fingerprint density at radius 2 is 0.580 bits per heavy atom. The van der Waals surface area contributed by atoms with Crippen molar-refractivity contribution in [1.29, 1.82) is 0 Å². The molecule has 0 radical (unpaired) electrons. The van der Waals surface area contributed by atoms with Crippen LogP contribution in [0.1, 0.15) is 228 Å². The van der Waals surface area contributed by atoms with E-state index in [1.165, 1.54) is 109 Å². The van der Waals surface area contributed by atoms with Crippen LogP contribution in [0.2, 0.25) is 0 Å². The van der Waals surface area contributed by atoms with E-state index in [0.717, 1.165) is 75.5 Å². The third-order valence-corrected chi connectivity index (χ3v) is 9.65. The third-order valence-electron chi connectivity index (χ3n) is 9.65. The molecule has 0 amide bonds. The highest BCUT2D eigenvalue weighted by Gasteiger charge is 2.19. The molecule has 0 aliphatic heterocycles. The number of unbranched alkanes of at least 4 members (excludes halogenated alkanes) is 20. The molecule has 296 valence electrons. The molecule has 0 unspecified atom stereocenters. The van der Waals surface area contributed by atoms with Crippen LogP contribution in [-0.4, -0.2) is 37.2 Å². The van der Waals surface area contributed by atoms with Gasteiger partial charge in [-0.15, -0.1) is 0 Å². The molecule has 0 saturated carbocycles. The zero-order valence-electron chi connectivity index (χ0n) is 34.2. The van der Waals surface area contributed by atoms with Crippen LogP contribution in [0.3, 0.4) is 0 Å². The number of rotatable bonds is 37. The van der Waals surface area contributed by atoms with Crippen molar-refractivity contribution in [3.05, 3.63) is 0 Å². The number of carbonyl (C=O) groups is 3. The van der Waals surface area contributed by atoms with Gasteiger partial charge in [-0.1, -0.05) is 189 Å². The van der Waals surface area contributed by atoms with Crippen LogP contribution in [0.4, 0.5) is 0 Å². The average Bonchev–Trinajstić information content (AvgIpc) is 3.06. The highest BCUT2D eigenvalue weighted by Crippen LogP contribution is 2.16. The predicted molar refractivity (Wildman–Crippen MR) is 210 cm³/mol. The third kappa shape index (κ3) is 37.7. The smallest absolute Gasteiger partial charge is 0.306 e. The molecule has 0 aliphatic rings. The summed E-state index contributed by atoms with van der Waals surface area (Å²) in [5.74, 6) is 1.49. The first-order valence-electron chi connectivity index (χ1n) is 21.6. The molecular weight excluding hydrogens is 624 g/mol. The summed E-state index contributed by atoms with van der Waals surface area (Å²) in [4.78, 5) is 37.6. The largest absolute Gasteiger partial charge is 0.462 e. The van der Waals surface area contributed by atoms with E-state index in [-0.39, 0.29) is 31.1 Å². The molecule has 0 bridgehead atoms. The van der Waals surface area contributed by atoms with Gasteiger partial charge in [0.25, 0.3) is 0 Å². The fourth-order valence-electron chi connectivity index (χ4n) is 6.35. The number of hydrogen-bond donors (Lipinski definition) is 0. The zero-order valence-corrected chi connectivity index (χ0v) is 34.2. The quantitative estimate of drug-likeness (QED) is 0.0363. The minimum Gasteiger partial charge on any atom is -0.462 e. The second-order valence-electron chi connectivity index (χ2n) is 16.4. The molecular formula is C44H84O6. The maximum atomic E-state index is 12.6. The van der Waals surface area contributed by atoms with Gasteiger partial charge in [0.05, 0.1) is 0 Å². The minimum atomic E-state index is -0.761. The van der Waals surface area contributed by atoms with Crippen LogP contribution < -0.4 is 0 Å². The van der Waals surface area contributed by atoms with Crippen molar-refractivity contribution in [2.24, 2.45) is 17.8 Å². The van der Waals surface area contributed by atoms with Crippen LogP contribution in [0.15, 0.2) is 0 Å². The Balaban J connectivity index is 4.33. The molecule has 0 spiro atoms. The van der Waals surface area contributed by atoms with Crippen LogP contribution in [-0.2, 0) is 28.6 Å². The first-order chi connectivity index (χ1) is 24.1. The van der Waals surface area contributed by atoms with Crippen molar-refractivity contribution in [2.45, 2.75) is 234 Å². The highest BCUT2D eigenvalue weighted by atomic mass is 16.6. The van der Waals surface area contributed by atoms with E-state index in [2.05, 4.69) is 41.5 Å². The van der Waals surface area contributed by atoms with E-state index in [1.807, 2.05) is 0 Å². The molecule has 6 nitrogen and oxygen atoms in total. The van der Waals surface area contributed by atoms with Gasteiger partial charge < -0.3 is 14.2 Å². The van der Waals surface area contributed by atoms with Crippen molar-refractivity contribution < 1.29 is 28.6 Å². The normalized spacial score (nSPS) is 12.2. The summed E-state index contributed by atoms with van der Waals surface area (Å²) in [7, 11) is 0. The lowest BCUT2D eigenvalue weighted by molar-refractivity contribution is -0.167. The molecule has 0 aromatic carbocycles. The van der Waals surface area contributed by atoms with Gasteiger partial charge in [0.15, 0.2) is 6.10 Å². The second kappa shape index (κ2) is 35.8. The summed E-state index contributed by atoms with van der Waals surface area (Å²) in [6, 6.07) is 0. The fourth-order valence-corrected chi connectivity index (χ4v) is 6.35. The summed E-state index contributed by atoms with van der Waals surface area (Å²) < 4.78 is 16.6.